The zero-order valence-corrected chi connectivity index (χ0v) is 15.9. The topological polar surface area (TPSA) is 95.9 Å². The average Bonchev–Trinajstić information content (AvgIpc) is 3.02. The largest absolute Gasteiger partial charge is 0.480 e. The van der Waals surface area contributed by atoms with Crippen molar-refractivity contribution >= 4 is 29.7 Å². The van der Waals surface area contributed by atoms with Crippen molar-refractivity contribution in [3.05, 3.63) is 35.9 Å². The number of carbonyl (C=O) groups is 3. The van der Waals surface area contributed by atoms with Gasteiger partial charge in [0.25, 0.3) is 0 Å². The maximum Gasteiger partial charge on any atom is 0.408 e. The number of hydrogen-bond acceptors (Lipinski definition) is 5. The fourth-order valence-electron chi connectivity index (χ4n) is 2.56. The summed E-state index contributed by atoms with van der Waals surface area (Å²) in [5.41, 5.74) is 0.165. The Kier molecular flexibility index (Phi) is 6.52. The van der Waals surface area contributed by atoms with Crippen molar-refractivity contribution in [2.24, 2.45) is 0 Å². The number of alkyl carbamates (subject to hydrolysis) is 1. The molecule has 0 unspecified atom stereocenters. The van der Waals surface area contributed by atoms with Crippen molar-refractivity contribution in [3.8, 4) is 0 Å². The van der Waals surface area contributed by atoms with Gasteiger partial charge in [-0.3, -0.25) is 4.79 Å². The number of thioether (sulfide) groups is 1. The van der Waals surface area contributed by atoms with Crippen LogP contribution in [0, 0.1) is 0 Å². The lowest BCUT2D eigenvalue weighted by Crippen LogP contribution is -2.53. The van der Waals surface area contributed by atoms with Gasteiger partial charge in [-0.15, -0.1) is 11.8 Å². The molecule has 1 aliphatic rings. The number of nitrogens with zero attached hydrogens (tertiary/aromatic N) is 1. The van der Waals surface area contributed by atoms with E-state index in [1.54, 1.807) is 20.8 Å². The van der Waals surface area contributed by atoms with Crippen molar-refractivity contribution < 1.29 is 24.2 Å². The van der Waals surface area contributed by atoms with Gasteiger partial charge in [-0.2, -0.15) is 0 Å². The molecule has 26 heavy (non-hydrogen) atoms. The van der Waals surface area contributed by atoms with Crippen LogP contribution in [0.1, 0.15) is 26.3 Å². The van der Waals surface area contributed by atoms with Crippen LogP contribution in [0.3, 0.4) is 0 Å². The molecule has 1 heterocycles. The molecule has 2 amide bonds. The Morgan fingerprint density at radius 1 is 1.31 bits per heavy atom. The fraction of sp³-hybridized carbons (Fsp3) is 0.500. The molecular weight excluding hydrogens is 356 g/mol. The Labute approximate surface area is 157 Å². The summed E-state index contributed by atoms with van der Waals surface area (Å²) in [5, 5.41) is 11.9. The minimum Gasteiger partial charge on any atom is -0.480 e. The number of hydrogen-bond donors (Lipinski definition) is 2. The number of ether oxygens (including phenoxy) is 1. The molecule has 7 nitrogen and oxygen atoms in total. The Bertz CT molecular complexity index is 659. The molecule has 0 radical (unpaired) electrons. The second-order valence-corrected chi connectivity index (χ2v) is 8.05. The monoisotopic (exact) mass is 380 g/mol. The molecule has 1 aromatic carbocycles. The van der Waals surface area contributed by atoms with E-state index in [0.717, 1.165) is 5.56 Å². The van der Waals surface area contributed by atoms with Gasteiger partial charge in [0, 0.05) is 12.2 Å². The number of carbonyl (C=O) groups excluding carboxylic acids is 2. The third-order valence-corrected chi connectivity index (χ3v) is 4.73. The van der Waals surface area contributed by atoms with Crippen molar-refractivity contribution in [1.29, 1.82) is 0 Å². The van der Waals surface area contributed by atoms with Crippen LogP contribution in [0.2, 0.25) is 0 Å². The van der Waals surface area contributed by atoms with Crippen LogP contribution < -0.4 is 5.32 Å². The summed E-state index contributed by atoms with van der Waals surface area (Å²) in [5.74, 6) is -0.834. The van der Waals surface area contributed by atoms with E-state index in [4.69, 9.17) is 4.74 Å². The van der Waals surface area contributed by atoms with E-state index in [1.165, 1.54) is 16.7 Å². The Hall–Kier alpha value is -2.22. The molecule has 0 saturated carbocycles. The summed E-state index contributed by atoms with van der Waals surface area (Å²) in [6, 6.07) is 7.47. The molecule has 1 fully saturated rings. The van der Waals surface area contributed by atoms with Gasteiger partial charge in [0.15, 0.2) is 0 Å². The first-order valence-electron chi connectivity index (χ1n) is 8.32. The molecule has 2 rings (SSSR count). The van der Waals surface area contributed by atoms with Gasteiger partial charge in [0.05, 0.1) is 5.88 Å². The summed E-state index contributed by atoms with van der Waals surface area (Å²) < 4.78 is 5.25. The molecule has 2 atom stereocenters. The third-order valence-electron chi connectivity index (χ3n) is 3.72. The summed E-state index contributed by atoms with van der Waals surface area (Å²) in [6.07, 6.45) is -0.447. The molecule has 2 N–H and O–H groups in total. The molecule has 8 heteroatoms. The van der Waals surface area contributed by atoms with Crippen LogP contribution >= 0.6 is 11.8 Å². The summed E-state index contributed by atoms with van der Waals surface area (Å²) in [7, 11) is 0. The van der Waals surface area contributed by atoms with E-state index < -0.39 is 35.7 Å². The quantitative estimate of drug-likeness (QED) is 0.812. The molecule has 0 aromatic heterocycles. The van der Waals surface area contributed by atoms with Crippen LogP contribution in [0.5, 0.6) is 0 Å². The second kappa shape index (κ2) is 8.44. The average molecular weight is 380 g/mol. The smallest absolute Gasteiger partial charge is 0.408 e. The summed E-state index contributed by atoms with van der Waals surface area (Å²) in [6.45, 7) is 5.20. The van der Waals surface area contributed by atoms with Gasteiger partial charge >= 0.3 is 12.1 Å². The minimum absolute atomic E-state index is 0.256. The fourth-order valence-corrected chi connectivity index (χ4v) is 3.72. The van der Waals surface area contributed by atoms with Crippen molar-refractivity contribution in [1.82, 2.24) is 10.2 Å². The first kappa shape index (κ1) is 20.1. The zero-order chi connectivity index (χ0) is 19.3. The molecule has 0 bridgehead atoms. The maximum absolute atomic E-state index is 12.9. The normalized spacial score (nSPS) is 18.3. The highest BCUT2D eigenvalue weighted by molar-refractivity contribution is 7.99. The number of benzene rings is 1. The summed E-state index contributed by atoms with van der Waals surface area (Å²) in [4.78, 5) is 37.8. The van der Waals surface area contributed by atoms with Crippen LogP contribution in [0.15, 0.2) is 30.3 Å². The molecule has 142 valence electrons. The second-order valence-electron chi connectivity index (χ2n) is 7.05. The van der Waals surface area contributed by atoms with E-state index in [2.05, 4.69) is 5.32 Å². The molecule has 0 spiro atoms. The molecule has 0 aliphatic carbocycles. The standard InChI is InChI=1S/C18H24N2O5S/c1-18(2,3)25-17(24)19-13(9-12-7-5-4-6-8-12)15(21)20-11-26-10-14(20)16(22)23/h4-8,13-14H,9-11H2,1-3H3,(H,19,24)(H,22,23)/t13-,14-/m1/s1. The summed E-state index contributed by atoms with van der Waals surface area (Å²) >= 11 is 1.38. The lowest BCUT2D eigenvalue weighted by Gasteiger charge is -2.28. The van der Waals surface area contributed by atoms with E-state index in [1.807, 2.05) is 30.3 Å². The van der Waals surface area contributed by atoms with Gasteiger partial charge in [0.1, 0.15) is 17.7 Å². The number of carboxylic acid groups (broad SMARTS) is 1. The van der Waals surface area contributed by atoms with Gasteiger partial charge in [-0.25, -0.2) is 9.59 Å². The SMILES string of the molecule is CC(C)(C)OC(=O)N[C@H](Cc1ccccc1)C(=O)N1CSC[C@@H]1C(=O)O. The van der Waals surface area contributed by atoms with Crippen molar-refractivity contribution in [2.45, 2.75) is 44.9 Å². The molecule has 1 aromatic rings. The first-order valence-corrected chi connectivity index (χ1v) is 9.47. The Morgan fingerprint density at radius 3 is 2.54 bits per heavy atom. The van der Waals surface area contributed by atoms with Crippen LogP contribution in [-0.4, -0.2) is 57.3 Å². The predicted octanol–water partition coefficient (Wildman–Crippen LogP) is 2.11. The number of aliphatic carboxylic acids is 1. The Morgan fingerprint density at radius 2 is 1.96 bits per heavy atom. The van der Waals surface area contributed by atoms with Gasteiger partial charge in [-0.05, 0) is 26.3 Å². The number of rotatable bonds is 5. The number of nitrogens with one attached hydrogen (secondary N) is 1. The number of carboxylic acids is 1. The Balaban J connectivity index is 2.17. The van der Waals surface area contributed by atoms with Crippen LogP contribution in [-0.2, 0) is 20.7 Å². The third kappa shape index (κ3) is 5.66. The maximum atomic E-state index is 12.9. The molecular formula is C18H24N2O5S. The first-order chi connectivity index (χ1) is 12.2. The van der Waals surface area contributed by atoms with Crippen LogP contribution in [0.4, 0.5) is 4.79 Å². The van der Waals surface area contributed by atoms with Gasteiger partial charge in [0.2, 0.25) is 5.91 Å². The lowest BCUT2D eigenvalue weighted by atomic mass is 10.0. The van der Waals surface area contributed by atoms with Gasteiger partial charge < -0.3 is 20.1 Å². The highest BCUT2D eigenvalue weighted by Gasteiger charge is 2.38. The predicted molar refractivity (Wildman–Crippen MR) is 98.9 cm³/mol. The highest BCUT2D eigenvalue weighted by Crippen LogP contribution is 2.23. The number of amides is 2. The van der Waals surface area contributed by atoms with Gasteiger partial charge in [-0.1, -0.05) is 30.3 Å². The van der Waals surface area contributed by atoms with E-state index in [9.17, 15) is 19.5 Å². The van der Waals surface area contributed by atoms with Crippen molar-refractivity contribution in [2.75, 3.05) is 11.6 Å². The van der Waals surface area contributed by atoms with E-state index in [-0.39, 0.29) is 12.3 Å². The molecule has 1 saturated heterocycles. The highest BCUT2D eigenvalue weighted by atomic mass is 32.2. The van der Waals surface area contributed by atoms with Crippen molar-refractivity contribution in [3.63, 3.8) is 0 Å². The minimum atomic E-state index is -1.04. The van der Waals surface area contributed by atoms with E-state index in [0.29, 0.717) is 5.75 Å². The van der Waals surface area contributed by atoms with E-state index >= 15 is 0 Å². The van der Waals surface area contributed by atoms with Crippen LogP contribution in [0.25, 0.3) is 0 Å². The zero-order valence-electron chi connectivity index (χ0n) is 15.1. The lowest BCUT2D eigenvalue weighted by molar-refractivity contribution is -0.148. The molecule has 1 aliphatic heterocycles.